The third-order valence-electron chi connectivity index (χ3n) is 7.44. The molecule has 0 aliphatic carbocycles. The number of ether oxygens (including phenoxy) is 2. The molecule has 0 radical (unpaired) electrons. The summed E-state index contributed by atoms with van der Waals surface area (Å²) in [5.74, 6) is 2.27. The van der Waals surface area contributed by atoms with E-state index in [4.69, 9.17) is 14.5 Å². The number of thiophene rings is 1. The number of benzene rings is 1. The lowest BCUT2D eigenvalue weighted by molar-refractivity contribution is 0.0285. The highest BCUT2D eigenvalue weighted by molar-refractivity contribution is 7.17. The van der Waals surface area contributed by atoms with Gasteiger partial charge < -0.3 is 23.5 Å². The second-order valence-corrected chi connectivity index (χ2v) is 12.8. The maximum atomic E-state index is 12.3. The van der Waals surface area contributed by atoms with Crippen LogP contribution in [0.15, 0.2) is 48.0 Å². The van der Waals surface area contributed by atoms with Crippen LogP contribution in [0.3, 0.4) is 0 Å². The van der Waals surface area contributed by atoms with E-state index in [0.29, 0.717) is 19.1 Å². The number of fused-ring (bicyclic) bond motifs is 1. The summed E-state index contributed by atoms with van der Waals surface area (Å²) in [5, 5.41) is 2.15. The average Bonchev–Trinajstić information content (AvgIpc) is 3.69. The minimum Gasteiger partial charge on any atom is -0.493 e. The van der Waals surface area contributed by atoms with Crippen molar-refractivity contribution >= 4 is 27.6 Å². The molecule has 7 nitrogen and oxygen atoms in total. The first kappa shape index (κ1) is 28.3. The Labute approximate surface area is 241 Å². The molecule has 1 aliphatic heterocycles. The number of hydrogen-bond donors (Lipinski definition) is 0. The molecule has 1 fully saturated rings. The maximum absolute atomic E-state index is 12.3. The smallest absolute Gasteiger partial charge is 0.410 e. The fraction of sp³-hybridized carbons (Fsp3) is 0.500. The summed E-state index contributed by atoms with van der Waals surface area (Å²) in [6.07, 6.45) is 7.08. The zero-order chi connectivity index (χ0) is 28.3. The molecule has 0 bridgehead atoms. The van der Waals surface area contributed by atoms with Gasteiger partial charge in [0.1, 0.15) is 11.4 Å². The summed E-state index contributed by atoms with van der Waals surface area (Å²) >= 11 is 1.78. The van der Waals surface area contributed by atoms with E-state index in [1.165, 1.54) is 27.2 Å². The number of hydrogen-bond acceptors (Lipinski definition) is 5. The summed E-state index contributed by atoms with van der Waals surface area (Å²) in [7, 11) is 2.14. The third-order valence-corrected chi connectivity index (χ3v) is 8.29. The minimum atomic E-state index is -0.467. The molecule has 0 spiro atoms. The van der Waals surface area contributed by atoms with Gasteiger partial charge in [-0.1, -0.05) is 25.5 Å². The topological polar surface area (TPSA) is 61.5 Å². The van der Waals surface area contributed by atoms with Crippen LogP contribution in [0.5, 0.6) is 5.75 Å². The summed E-state index contributed by atoms with van der Waals surface area (Å²) < 4.78 is 17.5. The van der Waals surface area contributed by atoms with Crippen LogP contribution in [0.1, 0.15) is 58.2 Å². The van der Waals surface area contributed by atoms with Crippen LogP contribution in [0.2, 0.25) is 0 Å². The van der Waals surface area contributed by atoms with Crippen LogP contribution in [-0.2, 0) is 31.2 Å². The summed E-state index contributed by atoms with van der Waals surface area (Å²) in [6.45, 7) is 10.9. The Hall–Kier alpha value is -3.26. The lowest BCUT2D eigenvalue weighted by Gasteiger charge is -2.24. The lowest BCUT2D eigenvalue weighted by atomic mass is 10.1. The highest BCUT2D eigenvalue weighted by Gasteiger charge is 2.30. The second-order valence-electron chi connectivity index (χ2n) is 11.9. The van der Waals surface area contributed by atoms with Crippen molar-refractivity contribution in [2.45, 2.75) is 71.9 Å². The van der Waals surface area contributed by atoms with Crippen molar-refractivity contribution in [1.29, 1.82) is 0 Å². The van der Waals surface area contributed by atoms with Crippen LogP contribution < -0.4 is 4.74 Å². The Bertz CT molecular complexity index is 1430. The van der Waals surface area contributed by atoms with E-state index in [-0.39, 0.29) is 6.09 Å². The Kier molecular flexibility index (Phi) is 8.54. The molecule has 3 aromatic heterocycles. The van der Waals surface area contributed by atoms with E-state index in [2.05, 4.69) is 71.1 Å². The van der Waals surface area contributed by atoms with Crippen molar-refractivity contribution in [1.82, 2.24) is 19.0 Å². The molecule has 1 aromatic carbocycles. The van der Waals surface area contributed by atoms with Crippen molar-refractivity contribution in [2.75, 3.05) is 19.7 Å². The first-order chi connectivity index (χ1) is 19.2. The normalized spacial score (nSPS) is 15.7. The molecule has 1 unspecified atom stereocenters. The van der Waals surface area contributed by atoms with Crippen molar-refractivity contribution in [3.63, 3.8) is 0 Å². The van der Waals surface area contributed by atoms with Crippen molar-refractivity contribution in [3.05, 3.63) is 59.2 Å². The van der Waals surface area contributed by atoms with Crippen molar-refractivity contribution in [2.24, 2.45) is 13.0 Å². The number of likely N-dealkylation sites (tertiary alicyclic amines) is 1. The molecule has 0 N–H and O–H groups in total. The molecule has 5 rings (SSSR count). The molecular weight excluding hydrogens is 520 g/mol. The van der Waals surface area contributed by atoms with E-state index < -0.39 is 5.60 Å². The molecule has 1 saturated heterocycles. The van der Waals surface area contributed by atoms with E-state index in [1.807, 2.05) is 20.8 Å². The zero-order valence-electron chi connectivity index (χ0n) is 24.5. The molecule has 4 aromatic rings. The number of rotatable bonds is 10. The molecule has 1 amide bonds. The zero-order valence-corrected chi connectivity index (χ0v) is 25.3. The number of nitrogens with zero attached hydrogens (tertiary/aromatic N) is 4. The van der Waals surface area contributed by atoms with Gasteiger partial charge in [0.25, 0.3) is 0 Å². The lowest BCUT2D eigenvalue weighted by Crippen LogP contribution is -2.35. The van der Waals surface area contributed by atoms with Crippen molar-refractivity contribution < 1.29 is 14.3 Å². The Morgan fingerprint density at radius 1 is 1.15 bits per heavy atom. The molecule has 1 aliphatic rings. The Balaban J connectivity index is 1.13. The standard InChI is InChI=1S/C32H42N4O3S/c1-6-8-25-21-35(30(33-25)28-19-29-27(34(28)5)15-18-40-29)16-7-9-23-10-12-26(13-11-23)38-22-24-14-17-36(20-24)31(37)39-32(2,3)4/h10-13,15,18-19,21,24H,6-9,14,16-17,20,22H2,1-5H3. The predicted octanol–water partition coefficient (Wildman–Crippen LogP) is 7.32. The largest absolute Gasteiger partial charge is 0.493 e. The van der Waals surface area contributed by atoms with Crippen LogP contribution >= 0.6 is 11.3 Å². The van der Waals surface area contributed by atoms with Gasteiger partial charge in [0.05, 0.1) is 28.2 Å². The summed E-state index contributed by atoms with van der Waals surface area (Å²) in [6, 6.07) is 12.9. The number of carbonyl (C=O) groups excluding carboxylic acids is 1. The number of aryl methyl sites for hydroxylation is 4. The molecule has 214 valence electrons. The minimum absolute atomic E-state index is 0.229. The number of imidazole rings is 1. The quantitative estimate of drug-likeness (QED) is 0.203. The summed E-state index contributed by atoms with van der Waals surface area (Å²) in [4.78, 5) is 19.1. The predicted molar refractivity (Wildman–Crippen MR) is 162 cm³/mol. The third kappa shape index (κ3) is 6.72. The number of carbonyl (C=O) groups is 1. The molecular formula is C32H42N4O3S. The molecule has 8 heteroatoms. The van der Waals surface area contributed by atoms with Gasteiger partial charge in [-0.05, 0) is 81.7 Å². The van der Waals surface area contributed by atoms with Crippen molar-refractivity contribution in [3.8, 4) is 17.3 Å². The van der Waals surface area contributed by atoms with Crippen LogP contribution in [0.4, 0.5) is 4.79 Å². The molecule has 40 heavy (non-hydrogen) atoms. The highest BCUT2D eigenvalue weighted by atomic mass is 32.1. The summed E-state index contributed by atoms with van der Waals surface area (Å²) in [5.41, 5.74) is 4.45. The number of aromatic nitrogens is 3. The fourth-order valence-electron chi connectivity index (χ4n) is 5.37. The van der Waals surface area contributed by atoms with Gasteiger partial charge in [-0.3, -0.25) is 0 Å². The van der Waals surface area contributed by atoms with Gasteiger partial charge in [0, 0.05) is 38.8 Å². The van der Waals surface area contributed by atoms with E-state index >= 15 is 0 Å². The Morgan fingerprint density at radius 2 is 1.95 bits per heavy atom. The van der Waals surface area contributed by atoms with Crippen LogP contribution in [0, 0.1) is 5.92 Å². The molecule has 0 saturated carbocycles. The molecule has 4 heterocycles. The average molecular weight is 563 g/mol. The van der Waals surface area contributed by atoms with Gasteiger partial charge in [-0.2, -0.15) is 0 Å². The van der Waals surface area contributed by atoms with E-state index in [0.717, 1.165) is 56.8 Å². The van der Waals surface area contributed by atoms with Gasteiger partial charge in [-0.15, -0.1) is 11.3 Å². The fourth-order valence-corrected chi connectivity index (χ4v) is 6.22. The highest BCUT2D eigenvalue weighted by Crippen LogP contribution is 2.31. The number of amides is 1. The first-order valence-electron chi connectivity index (χ1n) is 14.5. The first-order valence-corrected chi connectivity index (χ1v) is 15.4. The van der Waals surface area contributed by atoms with E-state index in [1.54, 1.807) is 16.2 Å². The van der Waals surface area contributed by atoms with Gasteiger partial charge in [-0.25, -0.2) is 9.78 Å². The SMILES string of the molecule is CCCc1cn(CCCc2ccc(OCC3CCN(C(=O)OC(C)(C)C)C3)cc2)c(-c2cc3sccc3n2C)n1. The monoisotopic (exact) mass is 562 g/mol. The van der Waals surface area contributed by atoms with Crippen LogP contribution in [0.25, 0.3) is 21.7 Å². The van der Waals surface area contributed by atoms with E-state index in [9.17, 15) is 4.79 Å². The van der Waals surface area contributed by atoms with Gasteiger partial charge in [0.2, 0.25) is 0 Å². The van der Waals surface area contributed by atoms with Crippen LogP contribution in [-0.4, -0.2) is 50.4 Å². The second kappa shape index (κ2) is 12.1. The molecule has 1 atom stereocenters. The Morgan fingerprint density at radius 3 is 2.67 bits per heavy atom. The van der Waals surface area contributed by atoms with Gasteiger partial charge >= 0.3 is 6.09 Å². The van der Waals surface area contributed by atoms with Gasteiger partial charge in [0.15, 0.2) is 5.82 Å². The maximum Gasteiger partial charge on any atom is 0.410 e.